The van der Waals surface area contributed by atoms with E-state index in [1.165, 1.54) is 36.5 Å². The first kappa shape index (κ1) is 15.7. The van der Waals surface area contributed by atoms with Crippen molar-refractivity contribution >= 4 is 37.5 Å². The molecule has 1 aromatic carbocycles. The van der Waals surface area contributed by atoms with Gasteiger partial charge in [-0.25, -0.2) is 17.8 Å². The number of sulfonamides is 1. The molecule has 5 nitrogen and oxygen atoms in total. The lowest BCUT2D eigenvalue weighted by Crippen LogP contribution is -2.31. The maximum Gasteiger partial charge on any atom is 0.268 e. The Bertz CT molecular complexity index is 751. The van der Waals surface area contributed by atoms with Crippen LogP contribution in [0.3, 0.4) is 0 Å². The Kier molecular flexibility index (Phi) is 4.48. The van der Waals surface area contributed by atoms with Crippen LogP contribution in [0, 0.1) is 5.82 Å². The molecule has 0 aliphatic heterocycles. The average molecular weight is 374 g/mol. The van der Waals surface area contributed by atoms with Gasteiger partial charge in [0.25, 0.3) is 10.0 Å². The summed E-state index contributed by atoms with van der Waals surface area (Å²) in [5.74, 6) is -0.519. The SMILES string of the molecule is CCN(c1ccc(F)cc1)S(=O)(=O)c1cc(Br)cnc1N. The number of halogens is 2. The van der Waals surface area contributed by atoms with E-state index in [-0.39, 0.29) is 17.3 Å². The Balaban J connectivity index is 2.54. The van der Waals surface area contributed by atoms with Crippen molar-refractivity contribution in [2.75, 3.05) is 16.6 Å². The number of rotatable bonds is 4. The van der Waals surface area contributed by atoms with Gasteiger partial charge in [0.05, 0.1) is 5.69 Å². The van der Waals surface area contributed by atoms with Crippen LogP contribution in [-0.4, -0.2) is 19.9 Å². The summed E-state index contributed by atoms with van der Waals surface area (Å²) in [6, 6.07) is 6.60. The smallest absolute Gasteiger partial charge is 0.268 e. The van der Waals surface area contributed by atoms with E-state index in [0.29, 0.717) is 10.2 Å². The summed E-state index contributed by atoms with van der Waals surface area (Å²) in [5, 5.41) is 0. The van der Waals surface area contributed by atoms with Crippen molar-refractivity contribution in [3.8, 4) is 0 Å². The van der Waals surface area contributed by atoms with Crippen molar-refractivity contribution in [2.24, 2.45) is 0 Å². The van der Waals surface area contributed by atoms with E-state index in [9.17, 15) is 12.8 Å². The summed E-state index contributed by atoms with van der Waals surface area (Å²) in [6.45, 7) is 1.86. The molecule has 0 spiro atoms. The Morgan fingerprint density at radius 1 is 1.33 bits per heavy atom. The molecule has 0 radical (unpaired) electrons. The first-order valence-corrected chi connectivity index (χ1v) is 8.29. The first-order chi connectivity index (χ1) is 9.86. The van der Waals surface area contributed by atoms with Crippen molar-refractivity contribution in [3.63, 3.8) is 0 Å². The summed E-state index contributed by atoms with van der Waals surface area (Å²) in [7, 11) is -3.88. The Morgan fingerprint density at radius 2 is 1.95 bits per heavy atom. The fourth-order valence-electron chi connectivity index (χ4n) is 1.86. The van der Waals surface area contributed by atoms with Gasteiger partial charge >= 0.3 is 0 Å². The molecule has 0 bridgehead atoms. The van der Waals surface area contributed by atoms with Crippen LogP contribution < -0.4 is 10.0 Å². The minimum absolute atomic E-state index is 0.0845. The highest BCUT2D eigenvalue weighted by atomic mass is 79.9. The predicted octanol–water partition coefficient (Wildman–Crippen LogP) is 2.78. The van der Waals surface area contributed by atoms with Crippen molar-refractivity contribution in [3.05, 3.63) is 46.8 Å². The third-order valence-electron chi connectivity index (χ3n) is 2.82. The first-order valence-electron chi connectivity index (χ1n) is 6.05. The van der Waals surface area contributed by atoms with E-state index in [1.54, 1.807) is 6.92 Å². The summed E-state index contributed by atoms with van der Waals surface area (Å²) in [5.41, 5.74) is 6.03. The lowest BCUT2D eigenvalue weighted by Gasteiger charge is -2.23. The zero-order valence-corrected chi connectivity index (χ0v) is 13.5. The van der Waals surface area contributed by atoms with Crippen LogP contribution in [0.2, 0.25) is 0 Å². The number of benzene rings is 1. The zero-order chi connectivity index (χ0) is 15.6. The predicted molar refractivity (Wildman–Crippen MR) is 83.0 cm³/mol. The molecule has 1 aromatic heterocycles. The molecule has 0 aliphatic rings. The topological polar surface area (TPSA) is 76.3 Å². The third-order valence-corrected chi connectivity index (χ3v) is 5.18. The molecule has 0 atom stereocenters. The standard InChI is InChI=1S/C13H13BrFN3O2S/c1-2-18(11-5-3-10(15)4-6-11)21(19,20)12-7-9(14)8-17-13(12)16/h3-8H,2H2,1H3,(H2,16,17). The molecule has 1 heterocycles. The molecule has 2 N–H and O–H groups in total. The molecule has 0 aliphatic carbocycles. The lowest BCUT2D eigenvalue weighted by molar-refractivity contribution is 0.591. The minimum Gasteiger partial charge on any atom is -0.383 e. The van der Waals surface area contributed by atoms with Gasteiger partial charge in [-0.05, 0) is 53.2 Å². The number of nitrogen functional groups attached to an aromatic ring is 1. The van der Waals surface area contributed by atoms with Crippen molar-refractivity contribution in [2.45, 2.75) is 11.8 Å². The highest BCUT2D eigenvalue weighted by Gasteiger charge is 2.26. The molecule has 0 fully saturated rings. The number of nitrogens with two attached hydrogens (primary N) is 1. The fourth-order valence-corrected chi connectivity index (χ4v) is 3.91. The highest BCUT2D eigenvalue weighted by molar-refractivity contribution is 9.10. The quantitative estimate of drug-likeness (QED) is 0.893. The van der Waals surface area contributed by atoms with Gasteiger partial charge in [0.1, 0.15) is 16.5 Å². The number of anilines is 2. The Labute approximate surface area is 130 Å². The van der Waals surface area contributed by atoms with E-state index in [2.05, 4.69) is 20.9 Å². The Morgan fingerprint density at radius 3 is 2.52 bits per heavy atom. The van der Waals surface area contributed by atoms with Gasteiger partial charge < -0.3 is 5.73 Å². The van der Waals surface area contributed by atoms with Gasteiger partial charge in [0.15, 0.2) is 0 Å². The molecule has 0 amide bonds. The average Bonchev–Trinajstić information content (AvgIpc) is 2.44. The van der Waals surface area contributed by atoms with E-state index < -0.39 is 15.8 Å². The van der Waals surface area contributed by atoms with Crippen molar-refractivity contribution in [1.82, 2.24) is 4.98 Å². The maximum atomic E-state index is 13.0. The third kappa shape index (κ3) is 3.16. The van der Waals surface area contributed by atoms with Gasteiger partial charge in [0.2, 0.25) is 0 Å². The molecule has 2 rings (SSSR count). The maximum absolute atomic E-state index is 13.0. The van der Waals surface area contributed by atoms with Crippen LogP contribution in [0.5, 0.6) is 0 Å². The monoisotopic (exact) mass is 373 g/mol. The summed E-state index contributed by atoms with van der Waals surface area (Å²) in [6.07, 6.45) is 1.42. The van der Waals surface area contributed by atoms with Gasteiger partial charge in [-0.1, -0.05) is 0 Å². The van der Waals surface area contributed by atoms with Crippen molar-refractivity contribution in [1.29, 1.82) is 0 Å². The van der Waals surface area contributed by atoms with E-state index in [0.717, 1.165) is 4.31 Å². The molecule has 112 valence electrons. The molecular formula is C13H13BrFN3O2S. The van der Waals surface area contributed by atoms with Crippen LogP contribution in [0.1, 0.15) is 6.92 Å². The molecule has 8 heteroatoms. The van der Waals surface area contributed by atoms with Crippen LogP contribution in [0.25, 0.3) is 0 Å². The number of aromatic nitrogens is 1. The second-order valence-electron chi connectivity index (χ2n) is 4.18. The minimum atomic E-state index is -3.88. The second kappa shape index (κ2) is 5.98. The molecule has 21 heavy (non-hydrogen) atoms. The van der Waals surface area contributed by atoms with Gasteiger partial charge in [-0.2, -0.15) is 0 Å². The number of pyridine rings is 1. The summed E-state index contributed by atoms with van der Waals surface area (Å²) in [4.78, 5) is 3.74. The van der Waals surface area contributed by atoms with Gasteiger partial charge in [0, 0.05) is 17.2 Å². The van der Waals surface area contributed by atoms with E-state index in [4.69, 9.17) is 5.73 Å². The lowest BCUT2D eigenvalue weighted by atomic mass is 10.3. The fraction of sp³-hybridized carbons (Fsp3) is 0.154. The number of hydrogen-bond acceptors (Lipinski definition) is 4. The number of hydrogen-bond donors (Lipinski definition) is 1. The highest BCUT2D eigenvalue weighted by Crippen LogP contribution is 2.28. The zero-order valence-electron chi connectivity index (χ0n) is 11.1. The molecule has 2 aromatic rings. The molecule has 0 unspecified atom stereocenters. The van der Waals surface area contributed by atoms with Crippen molar-refractivity contribution < 1.29 is 12.8 Å². The van der Waals surface area contributed by atoms with Gasteiger partial charge in [-0.15, -0.1) is 0 Å². The van der Waals surface area contributed by atoms with Crippen LogP contribution in [0.15, 0.2) is 45.9 Å². The normalized spacial score (nSPS) is 11.4. The van der Waals surface area contributed by atoms with Crippen LogP contribution in [0.4, 0.5) is 15.9 Å². The Hall–Kier alpha value is -1.67. The molecule has 0 saturated carbocycles. The van der Waals surface area contributed by atoms with E-state index in [1.807, 2.05) is 0 Å². The van der Waals surface area contributed by atoms with Crippen LogP contribution >= 0.6 is 15.9 Å². The van der Waals surface area contributed by atoms with Crippen LogP contribution in [-0.2, 0) is 10.0 Å². The summed E-state index contributed by atoms with van der Waals surface area (Å²) >= 11 is 3.17. The van der Waals surface area contributed by atoms with E-state index >= 15 is 0 Å². The largest absolute Gasteiger partial charge is 0.383 e. The summed E-state index contributed by atoms with van der Waals surface area (Å²) < 4.78 is 40.1. The molecular weight excluding hydrogens is 361 g/mol. The molecule has 0 saturated heterocycles. The number of nitrogens with zero attached hydrogens (tertiary/aromatic N) is 2. The second-order valence-corrected chi connectivity index (χ2v) is 6.93. The van der Waals surface area contributed by atoms with Gasteiger partial charge in [-0.3, -0.25) is 4.31 Å².